The minimum Gasteiger partial charge on any atom is -0.356 e. The number of rotatable bonds is 3. The van der Waals surface area contributed by atoms with Crippen molar-refractivity contribution in [1.29, 1.82) is 0 Å². The van der Waals surface area contributed by atoms with Crippen molar-refractivity contribution in [2.24, 2.45) is 5.92 Å². The summed E-state index contributed by atoms with van der Waals surface area (Å²) in [6.45, 7) is 3.62. The van der Waals surface area contributed by atoms with E-state index in [0.29, 0.717) is 23.2 Å². The Hall–Kier alpha value is -2.35. The lowest BCUT2D eigenvalue weighted by atomic mass is 9.84. The maximum absolute atomic E-state index is 13.3. The highest BCUT2D eigenvalue weighted by Crippen LogP contribution is 2.35. The maximum Gasteiger partial charge on any atom is 0.280 e. The summed E-state index contributed by atoms with van der Waals surface area (Å²) in [4.78, 5) is 14.4. The molecule has 0 aliphatic carbocycles. The lowest BCUT2D eigenvalue weighted by molar-refractivity contribution is 0.146. The quantitative estimate of drug-likeness (QED) is 0.694. The molecule has 26 heavy (non-hydrogen) atoms. The van der Waals surface area contributed by atoms with Crippen LogP contribution in [-0.4, -0.2) is 37.7 Å². The Morgan fingerprint density at radius 3 is 2.85 bits per heavy atom. The first-order chi connectivity index (χ1) is 12.5. The Bertz CT molecular complexity index is 913. The Morgan fingerprint density at radius 2 is 2.12 bits per heavy atom. The molecule has 0 bridgehead atoms. The molecule has 1 saturated heterocycles. The lowest BCUT2D eigenvalue weighted by Gasteiger charge is -2.38. The van der Waals surface area contributed by atoms with Crippen molar-refractivity contribution in [3.8, 4) is 0 Å². The number of anilines is 1. The molecule has 0 N–H and O–H groups in total. The molecule has 136 valence electrons. The van der Waals surface area contributed by atoms with Crippen LogP contribution in [0.1, 0.15) is 37.1 Å². The van der Waals surface area contributed by atoms with E-state index in [1.54, 1.807) is 16.8 Å². The zero-order chi connectivity index (χ0) is 18.3. The monoisotopic (exact) mass is 378 g/mol. The molecule has 6 nitrogen and oxygen atoms in total. The topological polar surface area (TPSA) is 59.2 Å². The van der Waals surface area contributed by atoms with Crippen LogP contribution in [0.3, 0.4) is 0 Å². The van der Waals surface area contributed by atoms with Gasteiger partial charge >= 0.3 is 0 Å². The lowest BCUT2D eigenvalue weighted by Crippen LogP contribution is -2.39. The van der Waals surface area contributed by atoms with Crippen LogP contribution in [0.15, 0.2) is 30.7 Å². The van der Waals surface area contributed by atoms with E-state index in [4.69, 9.17) is 11.6 Å². The van der Waals surface area contributed by atoms with Crippen molar-refractivity contribution >= 4 is 23.2 Å². The molecule has 2 atom stereocenters. The van der Waals surface area contributed by atoms with Gasteiger partial charge in [0.15, 0.2) is 0 Å². The number of aromatic nitrogens is 5. The number of halogens is 3. The number of fused-ring (bicyclic) bond motifs is 1. The zero-order valence-corrected chi connectivity index (χ0v) is 14.8. The Kier molecular flexibility index (Phi) is 4.44. The minimum absolute atomic E-state index is 0.00549. The summed E-state index contributed by atoms with van der Waals surface area (Å²) in [7, 11) is 0. The summed E-state index contributed by atoms with van der Waals surface area (Å²) in [6, 6.07) is 5.12. The minimum atomic E-state index is -2.65. The second-order valence-electron chi connectivity index (χ2n) is 6.53. The second-order valence-corrected chi connectivity index (χ2v) is 6.97. The van der Waals surface area contributed by atoms with Gasteiger partial charge in [-0.25, -0.2) is 23.3 Å². The van der Waals surface area contributed by atoms with E-state index in [1.165, 1.54) is 12.4 Å². The summed E-state index contributed by atoms with van der Waals surface area (Å²) < 4.78 is 28.1. The number of nitrogens with zero attached hydrogens (tertiary/aromatic N) is 6. The van der Waals surface area contributed by atoms with E-state index >= 15 is 0 Å². The van der Waals surface area contributed by atoms with E-state index in [1.807, 2.05) is 6.07 Å². The smallest absolute Gasteiger partial charge is 0.280 e. The van der Waals surface area contributed by atoms with Crippen LogP contribution in [0, 0.1) is 5.92 Å². The number of piperidine rings is 1. The largest absolute Gasteiger partial charge is 0.356 e. The Morgan fingerprint density at radius 1 is 1.27 bits per heavy atom. The van der Waals surface area contributed by atoms with Gasteiger partial charge in [-0.15, -0.1) is 0 Å². The molecule has 0 amide bonds. The molecule has 3 aromatic heterocycles. The van der Waals surface area contributed by atoms with Gasteiger partial charge in [0.2, 0.25) is 0 Å². The van der Waals surface area contributed by atoms with Crippen molar-refractivity contribution < 1.29 is 8.78 Å². The molecule has 3 aromatic rings. The summed E-state index contributed by atoms with van der Waals surface area (Å²) in [5.41, 5.74) is 0.434. The highest BCUT2D eigenvalue weighted by Gasteiger charge is 2.31. The summed E-state index contributed by atoms with van der Waals surface area (Å²) in [5.74, 6) is 1.33. The van der Waals surface area contributed by atoms with Gasteiger partial charge in [0.25, 0.3) is 12.2 Å². The first kappa shape index (κ1) is 17.1. The molecule has 4 rings (SSSR count). The van der Waals surface area contributed by atoms with Crippen molar-refractivity contribution in [3.63, 3.8) is 0 Å². The molecule has 0 spiro atoms. The number of pyridine rings is 1. The van der Waals surface area contributed by atoms with Crippen molar-refractivity contribution in [1.82, 2.24) is 24.6 Å². The normalized spacial score (nSPS) is 20.9. The van der Waals surface area contributed by atoms with Crippen LogP contribution in [0.5, 0.6) is 0 Å². The average Bonchev–Trinajstić information content (AvgIpc) is 3.11. The highest BCUT2D eigenvalue weighted by molar-refractivity contribution is 6.30. The average molecular weight is 379 g/mol. The third kappa shape index (κ3) is 3.09. The predicted octanol–water partition coefficient (Wildman–Crippen LogP) is 3.74. The molecule has 1 aliphatic rings. The molecule has 0 radical (unpaired) electrons. The first-order valence-corrected chi connectivity index (χ1v) is 8.76. The fraction of sp³-hybridized carbons (Fsp3) is 0.412. The predicted molar refractivity (Wildman–Crippen MR) is 93.7 cm³/mol. The van der Waals surface area contributed by atoms with Crippen molar-refractivity contribution in [2.75, 3.05) is 18.0 Å². The van der Waals surface area contributed by atoms with E-state index in [-0.39, 0.29) is 17.4 Å². The van der Waals surface area contributed by atoms with Crippen LogP contribution in [0.25, 0.3) is 5.78 Å². The molecular weight excluding hydrogens is 362 g/mol. The molecule has 9 heteroatoms. The van der Waals surface area contributed by atoms with Crippen molar-refractivity contribution in [3.05, 3.63) is 47.1 Å². The molecule has 1 fully saturated rings. The fourth-order valence-electron chi connectivity index (χ4n) is 3.45. The Balaban J connectivity index is 1.72. The number of alkyl halides is 2. The van der Waals surface area contributed by atoms with Gasteiger partial charge in [0.05, 0.1) is 10.7 Å². The number of hydrogen-bond donors (Lipinski definition) is 0. The molecule has 4 heterocycles. The van der Waals surface area contributed by atoms with Gasteiger partial charge in [0.1, 0.15) is 17.8 Å². The van der Waals surface area contributed by atoms with E-state index in [0.717, 1.165) is 18.8 Å². The fourth-order valence-corrected chi connectivity index (χ4v) is 3.56. The standard InChI is InChI=1S/C17H17ClF2N6/c1-10-4-5-25(15-3-2-11(18)7-21-15)8-12(10)14-6-13(16(19)20)24-17-22-9-23-26(14)17/h2-3,6-7,9-10,12,16H,4-5,8H2,1H3/t10-,12?/m1/s1. The summed E-state index contributed by atoms with van der Waals surface area (Å²) >= 11 is 5.92. The van der Waals surface area contributed by atoms with E-state index in [9.17, 15) is 8.78 Å². The van der Waals surface area contributed by atoms with Crippen LogP contribution >= 0.6 is 11.6 Å². The third-order valence-electron chi connectivity index (χ3n) is 4.90. The zero-order valence-electron chi connectivity index (χ0n) is 14.1. The Labute approximate surface area is 153 Å². The molecule has 0 aromatic carbocycles. The van der Waals surface area contributed by atoms with Crippen molar-refractivity contribution in [2.45, 2.75) is 25.7 Å². The van der Waals surface area contributed by atoms with Crippen LogP contribution in [0.2, 0.25) is 5.02 Å². The first-order valence-electron chi connectivity index (χ1n) is 8.38. The second kappa shape index (κ2) is 6.75. The highest BCUT2D eigenvalue weighted by atomic mass is 35.5. The van der Waals surface area contributed by atoms with E-state index in [2.05, 4.69) is 31.9 Å². The molecular formula is C17H17ClF2N6. The van der Waals surface area contributed by atoms with Gasteiger partial charge < -0.3 is 4.90 Å². The van der Waals surface area contributed by atoms with Gasteiger partial charge in [0, 0.05) is 25.2 Å². The van der Waals surface area contributed by atoms with Crippen LogP contribution < -0.4 is 4.90 Å². The van der Waals surface area contributed by atoms with Gasteiger partial charge in [-0.2, -0.15) is 10.1 Å². The molecule has 1 unspecified atom stereocenters. The molecule has 1 aliphatic heterocycles. The van der Waals surface area contributed by atoms with Gasteiger partial charge in [-0.3, -0.25) is 0 Å². The number of hydrogen-bond acceptors (Lipinski definition) is 5. The van der Waals surface area contributed by atoms with Crippen LogP contribution in [-0.2, 0) is 0 Å². The van der Waals surface area contributed by atoms with Crippen LogP contribution in [0.4, 0.5) is 14.6 Å². The third-order valence-corrected chi connectivity index (χ3v) is 5.12. The SMILES string of the molecule is C[C@@H]1CCN(c2ccc(Cl)cn2)CC1c1cc(C(F)F)nc2ncnn12. The van der Waals surface area contributed by atoms with Gasteiger partial charge in [-0.1, -0.05) is 18.5 Å². The van der Waals surface area contributed by atoms with E-state index < -0.39 is 6.43 Å². The maximum atomic E-state index is 13.3. The summed E-state index contributed by atoms with van der Waals surface area (Å²) in [5, 5.41) is 4.76. The van der Waals surface area contributed by atoms with Gasteiger partial charge in [-0.05, 0) is 30.5 Å². The molecule has 0 saturated carbocycles. The summed E-state index contributed by atoms with van der Waals surface area (Å²) in [6.07, 6.45) is 1.22.